The van der Waals surface area contributed by atoms with Crippen LogP contribution in [0.3, 0.4) is 0 Å². The summed E-state index contributed by atoms with van der Waals surface area (Å²) in [6.45, 7) is 2.71. The van der Waals surface area contributed by atoms with Gasteiger partial charge in [-0.05, 0) is 23.9 Å². The fourth-order valence-corrected chi connectivity index (χ4v) is 2.01. The molecule has 0 aliphatic heterocycles. The highest BCUT2D eigenvalue weighted by Gasteiger charge is 2.03. The van der Waals surface area contributed by atoms with E-state index in [1.165, 1.54) is 16.3 Å². The van der Waals surface area contributed by atoms with Crippen molar-refractivity contribution in [2.75, 3.05) is 6.61 Å². The number of fused-ring (bicyclic) bond motifs is 1. The summed E-state index contributed by atoms with van der Waals surface area (Å²) in [4.78, 5) is 0. The van der Waals surface area contributed by atoms with E-state index in [-0.39, 0.29) is 0 Å². The van der Waals surface area contributed by atoms with Crippen LogP contribution in [-0.2, 0) is 5.33 Å². The van der Waals surface area contributed by atoms with Gasteiger partial charge >= 0.3 is 0 Å². The molecule has 0 aromatic heterocycles. The minimum Gasteiger partial charge on any atom is -0.493 e. The number of hydrogen-bond acceptors (Lipinski definition) is 1. The Bertz CT molecular complexity index is 465. The predicted octanol–water partition coefficient (Wildman–Crippen LogP) is 4.13. The van der Waals surface area contributed by atoms with Gasteiger partial charge in [0.15, 0.2) is 0 Å². The first-order valence-corrected chi connectivity index (χ1v) is 6.17. The Labute approximate surface area is 98.2 Å². The van der Waals surface area contributed by atoms with Crippen LogP contribution < -0.4 is 4.74 Å². The van der Waals surface area contributed by atoms with Crippen molar-refractivity contribution < 1.29 is 4.74 Å². The Kier molecular flexibility index (Phi) is 3.27. The van der Waals surface area contributed by atoms with E-state index in [9.17, 15) is 0 Å². The van der Waals surface area contributed by atoms with Crippen LogP contribution >= 0.6 is 15.9 Å². The fraction of sp³-hybridized carbons (Fsp3) is 0.231. The molecule has 0 amide bonds. The molecule has 2 aromatic rings. The molecule has 0 heterocycles. The van der Waals surface area contributed by atoms with Crippen LogP contribution in [0.2, 0.25) is 0 Å². The molecule has 2 rings (SSSR count). The standard InChI is InChI=1S/C13H13BrO/c1-2-15-13-8-10(9-14)7-11-5-3-4-6-12(11)13/h3-8H,2,9H2,1H3. The SMILES string of the molecule is CCOc1cc(CBr)cc2ccccc12. The van der Waals surface area contributed by atoms with Gasteiger partial charge in [-0.2, -0.15) is 0 Å². The van der Waals surface area contributed by atoms with Gasteiger partial charge in [-0.3, -0.25) is 0 Å². The van der Waals surface area contributed by atoms with Crippen molar-refractivity contribution in [2.45, 2.75) is 12.3 Å². The van der Waals surface area contributed by atoms with E-state index in [4.69, 9.17) is 4.74 Å². The second kappa shape index (κ2) is 4.67. The number of halogens is 1. The minimum absolute atomic E-state index is 0.704. The molecule has 0 bridgehead atoms. The Balaban J connectivity index is 2.63. The number of ether oxygens (including phenoxy) is 1. The molecule has 0 fully saturated rings. The average Bonchev–Trinajstić information content (AvgIpc) is 2.29. The quantitative estimate of drug-likeness (QED) is 0.758. The highest BCUT2D eigenvalue weighted by atomic mass is 79.9. The third-order valence-electron chi connectivity index (χ3n) is 2.34. The molecule has 78 valence electrons. The van der Waals surface area contributed by atoms with Gasteiger partial charge in [0, 0.05) is 10.7 Å². The monoisotopic (exact) mass is 264 g/mol. The van der Waals surface area contributed by atoms with Gasteiger partial charge in [0.25, 0.3) is 0 Å². The molecule has 0 N–H and O–H groups in total. The summed E-state index contributed by atoms with van der Waals surface area (Å²) in [5.74, 6) is 0.977. The second-order valence-corrected chi connectivity index (χ2v) is 3.94. The number of alkyl halides is 1. The lowest BCUT2D eigenvalue weighted by molar-refractivity contribution is 0.344. The first kappa shape index (κ1) is 10.5. The first-order valence-electron chi connectivity index (χ1n) is 5.05. The number of rotatable bonds is 3. The zero-order valence-electron chi connectivity index (χ0n) is 8.66. The summed E-state index contributed by atoms with van der Waals surface area (Å²) >= 11 is 3.47. The van der Waals surface area contributed by atoms with Gasteiger partial charge in [-0.25, -0.2) is 0 Å². The van der Waals surface area contributed by atoms with E-state index >= 15 is 0 Å². The smallest absolute Gasteiger partial charge is 0.127 e. The largest absolute Gasteiger partial charge is 0.493 e. The van der Waals surface area contributed by atoms with Crippen molar-refractivity contribution in [3.63, 3.8) is 0 Å². The van der Waals surface area contributed by atoms with Crippen molar-refractivity contribution in [3.05, 3.63) is 42.0 Å². The summed E-state index contributed by atoms with van der Waals surface area (Å²) in [5, 5.41) is 3.28. The van der Waals surface area contributed by atoms with Crippen molar-refractivity contribution in [3.8, 4) is 5.75 Å². The van der Waals surface area contributed by atoms with E-state index in [0.29, 0.717) is 6.61 Å². The number of hydrogen-bond donors (Lipinski definition) is 0. The summed E-state index contributed by atoms with van der Waals surface area (Å²) in [5.41, 5.74) is 1.25. The maximum Gasteiger partial charge on any atom is 0.127 e. The molecular weight excluding hydrogens is 252 g/mol. The van der Waals surface area contributed by atoms with Gasteiger partial charge in [-0.1, -0.05) is 46.3 Å². The normalized spacial score (nSPS) is 10.5. The molecular formula is C13H13BrO. The van der Waals surface area contributed by atoms with E-state index in [1.54, 1.807) is 0 Å². The van der Waals surface area contributed by atoms with Gasteiger partial charge in [0.05, 0.1) is 6.61 Å². The van der Waals surface area contributed by atoms with Gasteiger partial charge in [-0.15, -0.1) is 0 Å². The number of benzene rings is 2. The molecule has 0 unspecified atom stereocenters. The van der Waals surface area contributed by atoms with Crippen LogP contribution in [0.5, 0.6) is 5.75 Å². The minimum atomic E-state index is 0.704. The van der Waals surface area contributed by atoms with Crippen LogP contribution in [0, 0.1) is 0 Å². The summed E-state index contributed by atoms with van der Waals surface area (Å²) < 4.78 is 5.64. The Morgan fingerprint density at radius 3 is 2.73 bits per heavy atom. The van der Waals surface area contributed by atoms with Gasteiger partial charge in [0.1, 0.15) is 5.75 Å². The van der Waals surface area contributed by atoms with Crippen LogP contribution in [0.25, 0.3) is 10.8 Å². The molecule has 0 spiro atoms. The lowest BCUT2D eigenvalue weighted by Gasteiger charge is -2.09. The molecule has 2 heteroatoms. The van der Waals surface area contributed by atoms with Crippen LogP contribution in [0.1, 0.15) is 12.5 Å². The van der Waals surface area contributed by atoms with Gasteiger partial charge in [0.2, 0.25) is 0 Å². The molecule has 2 aromatic carbocycles. The molecule has 0 aliphatic rings. The Morgan fingerprint density at radius 1 is 1.20 bits per heavy atom. The zero-order chi connectivity index (χ0) is 10.7. The Morgan fingerprint density at radius 2 is 2.00 bits per heavy atom. The summed E-state index contributed by atoms with van der Waals surface area (Å²) in [7, 11) is 0. The molecule has 15 heavy (non-hydrogen) atoms. The Hall–Kier alpha value is -1.02. The maximum absolute atomic E-state index is 5.64. The molecule has 0 saturated heterocycles. The van der Waals surface area contributed by atoms with Crippen molar-refractivity contribution in [1.82, 2.24) is 0 Å². The highest BCUT2D eigenvalue weighted by molar-refractivity contribution is 9.08. The van der Waals surface area contributed by atoms with E-state index in [1.807, 2.05) is 13.0 Å². The predicted molar refractivity (Wildman–Crippen MR) is 67.7 cm³/mol. The summed E-state index contributed by atoms with van der Waals surface area (Å²) in [6.07, 6.45) is 0. The van der Waals surface area contributed by atoms with Crippen molar-refractivity contribution in [1.29, 1.82) is 0 Å². The van der Waals surface area contributed by atoms with Gasteiger partial charge < -0.3 is 4.74 Å². The average molecular weight is 265 g/mol. The third-order valence-corrected chi connectivity index (χ3v) is 2.99. The first-order chi connectivity index (χ1) is 7.35. The molecule has 0 radical (unpaired) electrons. The van der Waals surface area contributed by atoms with E-state index in [0.717, 1.165) is 11.1 Å². The molecule has 1 nitrogen and oxygen atoms in total. The van der Waals surface area contributed by atoms with Crippen LogP contribution in [0.4, 0.5) is 0 Å². The highest BCUT2D eigenvalue weighted by Crippen LogP contribution is 2.28. The fourth-order valence-electron chi connectivity index (χ4n) is 1.69. The van der Waals surface area contributed by atoms with Crippen molar-refractivity contribution >= 4 is 26.7 Å². The maximum atomic E-state index is 5.64. The lowest BCUT2D eigenvalue weighted by Crippen LogP contribution is -1.93. The van der Waals surface area contributed by atoms with Crippen LogP contribution in [-0.4, -0.2) is 6.61 Å². The lowest BCUT2D eigenvalue weighted by atomic mass is 10.1. The van der Waals surface area contributed by atoms with Crippen molar-refractivity contribution in [2.24, 2.45) is 0 Å². The summed E-state index contributed by atoms with van der Waals surface area (Å²) in [6, 6.07) is 12.6. The topological polar surface area (TPSA) is 9.23 Å². The molecule has 0 atom stereocenters. The van der Waals surface area contributed by atoms with E-state index in [2.05, 4.69) is 46.3 Å². The molecule has 0 saturated carbocycles. The molecule has 0 aliphatic carbocycles. The third kappa shape index (κ3) is 2.15. The second-order valence-electron chi connectivity index (χ2n) is 3.38. The van der Waals surface area contributed by atoms with E-state index < -0.39 is 0 Å². The zero-order valence-corrected chi connectivity index (χ0v) is 10.3. The van der Waals surface area contributed by atoms with Crippen LogP contribution in [0.15, 0.2) is 36.4 Å².